The van der Waals surface area contributed by atoms with E-state index in [-0.39, 0.29) is 5.91 Å². The summed E-state index contributed by atoms with van der Waals surface area (Å²) in [4.78, 5) is 25.1. The number of nitrogens with one attached hydrogen (secondary N) is 2. The number of hydrogen-bond acceptors (Lipinski definition) is 7. The molecule has 0 bridgehead atoms. The lowest BCUT2D eigenvalue weighted by Gasteiger charge is -2.22. The van der Waals surface area contributed by atoms with Gasteiger partial charge >= 0.3 is 0 Å². The van der Waals surface area contributed by atoms with E-state index in [1.165, 1.54) is 4.90 Å². The van der Waals surface area contributed by atoms with Crippen LogP contribution in [0.5, 0.6) is 0 Å². The summed E-state index contributed by atoms with van der Waals surface area (Å²) in [6.07, 6.45) is 4.79. The molecule has 4 rings (SSSR count). The first-order valence-corrected chi connectivity index (χ1v) is 10.5. The van der Waals surface area contributed by atoms with Crippen molar-refractivity contribution < 1.29 is 4.79 Å². The molecule has 32 heavy (non-hydrogen) atoms. The minimum absolute atomic E-state index is 0.180. The lowest BCUT2D eigenvalue weighted by Crippen LogP contribution is -2.23. The monoisotopic (exact) mass is 433 g/mol. The molecule has 1 aromatic carbocycles. The second-order valence-electron chi connectivity index (χ2n) is 7.63. The smallest absolute Gasteiger partial charge is 0.273 e. The molecule has 0 radical (unpaired) electrons. The van der Waals surface area contributed by atoms with Crippen molar-refractivity contribution in [1.29, 1.82) is 0 Å². The molecule has 0 spiro atoms. The van der Waals surface area contributed by atoms with Crippen LogP contribution in [-0.2, 0) is 0 Å². The Labute approximate surface area is 186 Å². The summed E-state index contributed by atoms with van der Waals surface area (Å²) in [5.41, 5.74) is 5.11. The van der Waals surface area contributed by atoms with Crippen molar-refractivity contribution in [2.24, 2.45) is 0 Å². The van der Waals surface area contributed by atoms with E-state index >= 15 is 0 Å². The first-order chi connectivity index (χ1) is 15.4. The first-order valence-electron chi connectivity index (χ1n) is 10.5. The largest absolute Gasteiger partial charge is 0.372 e. The molecule has 3 aromatic heterocycles. The second kappa shape index (κ2) is 8.66. The number of aromatic amines is 1. The number of hydrogen-bond donors (Lipinski definition) is 2. The van der Waals surface area contributed by atoms with Gasteiger partial charge in [-0.05, 0) is 44.5 Å². The van der Waals surface area contributed by atoms with Crippen molar-refractivity contribution >= 4 is 28.6 Å². The number of nitrogens with zero attached hydrogens (tertiary/aromatic N) is 7. The molecule has 166 valence electrons. The van der Waals surface area contributed by atoms with E-state index in [0.717, 1.165) is 30.0 Å². The molecular formula is C22H27N9O. The Hall–Kier alpha value is -3.95. The quantitative estimate of drug-likeness (QED) is 0.461. The number of aryl methyl sites for hydroxylation is 1. The van der Waals surface area contributed by atoms with E-state index in [2.05, 4.69) is 61.5 Å². The van der Waals surface area contributed by atoms with E-state index in [1.807, 2.05) is 13.0 Å². The molecule has 0 fully saturated rings. The first kappa shape index (κ1) is 21.3. The van der Waals surface area contributed by atoms with Gasteiger partial charge in [0.1, 0.15) is 17.1 Å². The number of H-pyrrole nitrogens is 1. The van der Waals surface area contributed by atoms with Gasteiger partial charge in [0, 0.05) is 51.0 Å². The number of aromatic nitrogens is 6. The van der Waals surface area contributed by atoms with Gasteiger partial charge in [0.15, 0.2) is 0 Å². The number of rotatable bonds is 7. The van der Waals surface area contributed by atoms with Crippen molar-refractivity contribution in [1.82, 2.24) is 34.7 Å². The fraction of sp³-hybridized carbons (Fsp3) is 0.318. The molecule has 10 nitrogen and oxygen atoms in total. The van der Waals surface area contributed by atoms with Crippen LogP contribution < -0.4 is 10.2 Å². The lowest BCUT2D eigenvalue weighted by atomic mass is 10.1. The van der Waals surface area contributed by atoms with E-state index in [4.69, 9.17) is 0 Å². The summed E-state index contributed by atoms with van der Waals surface area (Å²) < 4.78 is 1.66. The summed E-state index contributed by atoms with van der Waals surface area (Å²) in [6, 6.07) is 6.24. The molecule has 1 amide bonds. The van der Waals surface area contributed by atoms with Crippen LogP contribution >= 0.6 is 0 Å². The van der Waals surface area contributed by atoms with Gasteiger partial charge in [-0.3, -0.25) is 14.9 Å². The van der Waals surface area contributed by atoms with Gasteiger partial charge in [0.2, 0.25) is 11.5 Å². The SMILES string of the molecule is CCN(CC)c1ccc(Nc2c(C(=O)N(C)C)[nH]n3c(-c4cnccn4)nnc23)c(C)c1. The molecule has 0 aliphatic carbocycles. The lowest BCUT2D eigenvalue weighted by molar-refractivity contribution is 0.0822. The number of amides is 1. The van der Waals surface area contributed by atoms with Crippen LogP contribution in [-0.4, -0.2) is 67.8 Å². The van der Waals surface area contributed by atoms with Crippen molar-refractivity contribution in [3.63, 3.8) is 0 Å². The minimum atomic E-state index is -0.180. The second-order valence-corrected chi connectivity index (χ2v) is 7.63. The zero-order valence-electron chi connectivity index (χ0n) is 18.9. The Bertz CT molecular complexity index is 1240. The Balaban J connectivity index is 1.80. The van der Waals surface area contributed by atoms with Gasteiger partial charge in [0.05, 0.1) is 6.20 Å². The van der Waals surface area contributed by atoms with E-state index in [0.29, 0.717) is 28.5 Å². The van der Waals surface area contributed by atoms with Crippen LogP contribution in [0.2, 0.25) is 0 Å². The fourth-order valence-electron chi connectivity index (χ4n) is 3.62. The summed E-state index contributed by atoms with van der Waals surface area (Å²) >= 11 is 0. The van der Waals surface area contributed by atoms with E-state index in [9.17, 15) is 4.79 Å². The highest BCUT2D eigenvalue weighted by atomic mass is 16.2. The third-order valence-corrected chi connectivity index (χ3v) is 5.37. The molecule has 0 saturated heterocycles. The Morgan fingerprint density at radius 2 is 1.94 bits per heavy atom. The maximum atomic E-state index is 12.9. The number of carbonyl (C=O) groups is 1. The van der Waals surface area contributed by atoms with Crippen molar-refractivity contribution in [3.8, 4) is 11.5 Å². The molecule has 2 N–H and O–H groups in total. The molecule has 0 aliphatic rings. The number of anilines is 3. The predicted molar refractivity (Wildman–Crippen MR) is 124 cm³/mol. The average molecular weight is 434 g/mol. The van der Waals surface area contributed by atoms with Gasteiger partial charge in [-0.15, -0.1) is 10.2 Å². The van der Waals surface area contributed by atoms with E-state index < -0.39 is 0 Å². The van der Waals surface area contributed by atoms with Crippen LogP contribution in [0, 0.1) is 6.92 Å². The van der Waals surface area contributed by atoms with Crippen LogP contribution in [0.1, 0.15) is 29.9 Å². The number of fused-ring (bicyclic) bond motifs is 1. The van der Waals surface area contributed by atoms with Crippen LogP contribution in [0.3, 0.4) is 0 Å². The number of carbonyl (C=O) groups excluding carboxylic acids is 1. The average Bonchev–Trinajstić information content (AvgIpc) is 3.36. The molecule has 0 aliphatic heterocycles. The third-order valence-electron chi connectivity index (χ3n) is 5.37. The van der Waals surface area contributed by atoms with Crippen LogP contribution in [0.15, 0.2) is 36.8 Å². The highest BCUT2D eigenvalue weighted by molar-refractivity contribution is 6.02. The van der Waals surface area contributed by atoms with Crippen molar-refractivity contribution in [3.05, 3.63) is 48.0 Å². The zero-order chi connectivity index (χ0) is 22.8. The molecule has 3 heterocycles. The maximum absolute atomic E-state index is 12.9. The highest BCUT2D eigenvalue weighted by Crippen LogP contribution is 2.31. The Morgan fingerprint density at radius 3 is 2.56 bits per heavy atom. The molecular weight excluding hydrogens is 406 g/mol. The summed E-state index contributed by atoms with van der Waals surface area (Å²) in [7, 11) is 3.42. The molecule has 0 saturated carbocycles. The Morgan fingerprint density at radius 1 is 1.16 bits per heavy atom. The third kappa shape index (κ3) is 3.75. The van der Waals surface area contributed by atoms with Crippen LogP contribution in [0.25, 0.3) is 17.2 Å². The van der Waals surface area contributed by atoms with Gasteiger partial charge in [0.25, 0.3) is 5.91 Å². The molecule has 4 aromatic rings. The van der Waals surface area contributed by atoms with Gasteiger partial charge in [-0.1, -0.05) is 0 Å². The summed E-state index contributed by atoms with van der Waals surface area (Å²) in [5.74, 6) is 0.295. The predicted octanol–water partition coefficient (Wildman–Crippen LogP) is 3.11. The van der Waals surface area contributed by atoms with Gasteiger partial charge in [-0.2, -0.15) is 0 Å². The topological polar surface area (TPSA) is 107 Å². The van der Waals surface area contributed by atoms with E-state index in [1.54, 1.807) is 37.2 Å². The normalized spacial score (nSPS) is 11.0. The summed E-state index contributed by atoms with van der Waals surface area (Å²) in [5, 5.41) is 15.1. The number of benzene rings is 1. The van der Waals surface area contributed by atoms with Gasteiger partial charge in [-0.25, -0.2) is 9.50 Å². The Kier molecular flexibility index (Phi) is 5.76. The minimum Gasteiger partial charge on any atom is -0.372 e. The van der Waals surface area contributed by atoms with Crippen LogP contribution in [0.4, 0.5) is 17.1 Å². The van der Waals surface area contributed by atoms with Gasteiger partial charge < -0.3 is 15.1 Å². The standard InChI is InChI=1S/C22H27N9O/c1-6-30(7-2)15-8-9-16(14(3)12-15)25-18-19(22(32)29(4)5)28-31-20(26-27-21(18)31)17-13-23-10-11-24-17/h8-13,25,28H,6-7H2,1-5H3. The molecule has 0 atom stereocenters. The highest BCUT2D eigenvalue weighted by Gasteiger charge is 2.24. The maximum Gasteiger partial charge on any atom is 0.273 e. The fourth-order valence-corrected chi connectivity index (χ4v) is 3.62. The van der Waals surface area contributed by atoms with Crippen molar-refractivity contribution in [2.75, 3.05) is 37.4 Å². The summed E-state index contributed by atoms with van der Waals surface area (Å²) in [6.45, 7) is 8.20. The van der Waals surface area contributed by atoms with Crippen molar-refractivity contribution in [2.45, 2.75) is 20.8 Å². The molecule has 0 unspecified atom stereocenters. The molecule has 10 heteroatoms. The zero-order valence-corrected chi connectivity index (χ0v) is 18.9.